The van der Waals surface area contributed by atoms with E-state index in [1.165, 1.54) is 11.8 Å². The van der Waals surface area contributed by atoms with Gasteiger partial charge in [0.15, 0.2) is 16.7 Å². The summed E-state index contributed by atoms with van der Waals surface area (Å²) in [6.07, 6.45) is 1.85. The van der Waals surface area contributed by atoms with Crippen molar-refractivity contribution in [2.45, 2.75) is 0 Å². The third kappa shape index (κ3) is 4.09. The molecule has 150 valence electrons. The van der Waals surface area contributed by atoms with Crippen molar-refractivity contribution in [3.8, 4) is 11.5 Å². The largest absolute Gasteiger partial charge is 0.493 e. The molecule has 0 atom stereocenters. The second-order valence-electron chi connectivity index (χ2n) is 6.43. The van der Waals surface area contributed by atoms with E-state index in [9.17, 15) is 4.79 Å². The molecule has 0 bridgehead atoms. The first-order chi connectivity index (χ1) is 14.7. The molecule has 0 saturated carbocycles. The second kappa shape index (κ2) is 8.88. The topological polar surface area (TPSA) is 51.1 Å². The molecular formula is C24H20N2O3S. The number of carbonyl (C=O) groups excluding carboxylic acids is 1. The van der Waals surface area contributed by atoms with Gasteiger partial charge in [-0.1, -0.05) is 42.5 Å². The lowest BCUT2D eigenvalue weighted by molar-refractivity contribution is -0.113. The Morgan fingerprint density at radius 3 is 2.20 bits per heavy atom. The number of hydrogen-bond donors (Lipinski definition) is 0. The van der Waals surface area contributed by atoms with Crippen LogP contribution in [0.1, 0.15) is 5.56 Å². The van der Waals surface area contributed by atoms with Crippen LogP contribution in [0, 0.1) is 0 Å². The number of anilines is 1. The summed E-state index contributed by atoms with van der Waals surface area (Å²) in [4.78, 5) is 20.2. The quantitative estimate of drug-likeness (QED) is 0.515. The van der Waals surface area contributed by atoms with Gasteiger partial charge in [-0.3, -0.25) is 9.69 Å². The van der Waals surface area contributed by atoms with E-state index in [1.807, 2.05) is 84.9 Å². The lowest BCUT2D eigenvalue weighted by atomic mass is 10.2. The second-order valence-corrected chi connectivity index (χ2v) is 7.44. The molecule has 1 aliphatic heterocycles. The summed E-state index contributed by atoms with van der Waals surface area (Å²) in [5, 5.41) is 0.615. The van der Waals surface area contributed by atoms with Gasteiger partial charge >= 0.3 is 0 Å². The first-order valence-electron chi connectivity index (χ1n) is 9.34. The molecular weight excluding hydrogens is 396 g/mol. The van der Waals surface area contributed by atoms with Crippen molar-refractivity contribution in [1.29, 1.82) is 0 Å². The number of rotatable bonds is 5. The van der Waals surface area contributed by atoms with Crippen molar-refractivity contribution in [2.24, 2.45) is 4.99 Å². The summed E-state index contributed by atoms with van der Waals surface area (Å²) in [5.41, 5.74) is 2.42. The van der Waals surface area contributed by atoms with Crippen LogP contribution >= 0.6 is 11.8 Å². The average molecular weight is 417 g/mol. The molecule has 0 aromatic heterocycles. The minimum atomic E-state index is -0.115. The van der Waals surface area contributed by atoms with Crippen molar-refractivity contribution < 1.29 is 14.3 Å². The summed E-state index contributed by atoms with van der Waals surface area (Å²) in [5.74, 6) is 1.14. The summed E-state index contributed by atoms with van der Waals surface area (Å²) in [7, 11) is 3.18. The number of methoxy groups -OCH3 is 2. The Balaban J connectivity index is 1.75. The molecule has 1 saturated heterocycles. The van der Waals surface area contributed by atoms with Gasteiger partial charge in [0.2, 0.25) is 0 Å². The number of para-hydroxylation sites is 2. The molecule has 3 aromatic carbocycles. The number of carbonyl (C=O) groups is 1. The SMILES string of the molecule is COc1ccc(/C=C2\S/C(=N\c3ccccc3)N(c3ccccc3)C2=O)cc1OC. The number of nitrogens with zero attached hydrogens (tertiary/aromatic N) is 2. The van der Waals surface area contributed by atoms with Crippen molar-refractivity contribution in [3.63, 3.8) is 0 Å². The monoisotopic (exact) mass is 416 g/mol. The molecule has 5 nitrogen and oxygen atoms in total. The van der Waals surface area contributed by atoms with Crippen LogP contribution in [0.4, 0.5) is 11.4 Å². The van der Waals surface area contributed by atoms with Crippen LogP contribution < -0.4 is 14.4 Å². The molecule has 30 heavy (non-hydrogen) atoms. The molecule has 3 aromatic rings. The van der Waals surface area contributed by atoms with Gasteiger partial charge < -0.3 is 9.47 Å². The van der Waals surface area contributed by atoms with E-state index in [4.69, 9.17) is 14.5 Å². The van der Waals surface area contributed by atoms with Crippen LogP contribution in [0.2, 0.25) is 0 Å². The molecule has 0 spiro atoms. The molecule has 4 rings (SSSR count). The molecule has 0 aliphatic carbocycles. The molecule has 1 heterocycles. The molecule has 0 radical (unpaired) electrons. The zero-order chi connectivity index (χ0) is 20.9. The fourth-order valence-electron chi connectivity index (χ4n) is 3.06. The van der Waals surface area contributed by atoms with Crippen molar-refractivity contribution in [2.75, 3.05) is 19.1 Å². The first kappa shape index (κ1) is 19.8. The zero-order valence-electron chi connectivity index (χ0n) is 16.6. The minimum Gasteiger partial charge on any atom is -0.493 e. The fourth-order valence-corrected chi connectivity index (χ4v) is 4.06. The van der Waals surface area contributed by atoms with Crippen LogP contribution in [0.15, 0.2) is 88.8 Å². The predicted octanol–water partition coefficient (Wildman–Crippen LogP) is 5.51. The van der Waals surface area contributed by atoms with Gasteiger partial charge in [0, 0.05) is 0 Å². The highest BCUT2D eigenvalue weighted by Crippen LogP contribution is 2.38. The van der Waals surface area contributed by atoms with E-state index in [0.717, 1.165) is 16.9 Å². The smallest absolute Gasteiger partial charge is 0.271 e. The molecule has 1 amide bonds. The van der Waals surface area contributed by atoms with Crippen LogP contribution in [0.5, 0.6) is 11.5 Å². The Bertz CT molecular complexity index is 1110. The minimum absolute atomic E-state index is 0.115. The van der Waals surface area contributed by atoms with Gasteiger partial charge in [0.1, 0.15) is 0 Å². The normalized spacial score (nSPS) is 16.3. The van der Waals surface area contributed by atoms with Crippen LogP contribution in [-0.4, -0.2) is 25.3 Å². The maximum absolute atomic E-state index is 13.3. The lowest BCUT2D eigenvalue weighted by Gasteiger charge is -2.15. The standard InChI is InChI=1S/C24H20N2O3S/c1-28-20-14-13-17(15-21(20)29-2)16-22-23(27)26(19-11-7-4-8-12-19)24(30-22)25-18-9-5-3-6-10-18/h3-16H,1-2H3/b22-16-,25-24-. The summed E-state index contributed by atoms with van der Waals surface area (Å²) < 4.78 is 10.7. The third-order valence-corrected chi connectivity index (χ3v) is 5.48. The Hall–Kier alpha value is -3.51. The van der Waals surface area contributed by atoms with Crippen molar-refractivity contribution in [3.05, 3.63) is 89.3 Å². The van der Waals surface area contributed by atoms with E-state index in [-0.39, 0.29) is 5.91 Å². The Labute approximate surface area is 179 Å². The summed E-state index contributed by atoms with van der Waals surface area (Å²) in [6.45, 7) is 0. The number of benzene rings is 3. The predicted molar refractivity (Wildman–Crippen MR) is 123 cm³/mol. The zero-order valence-corrected chi connectivity index (χ0v) is 17.4. The Morgan fingerprint density at radius 1 is 0.867 bits per heavy atom. The highest BCUT2D eigenvalue weighted by atomic mass is 32.2. The van der Waals surface area contributed by atoms with Crippen molar-refractivity contribution >= 4 is 40.3 Å². The van der Waals surface area contributed by atoms with E-state index < -0.39 is 0 Å². The van der Waals surface area contributed by atoms with Crippen LogP contribution in [-0.2, 0) is 4.79 Å². The first-order valence-corrected chi connectivity index (χ1v) is 10.2. The molecule has 1 aliphatic rings. The van der Waals surface area contributed by atoms with Gasteiger partial charge in [0.25, 0.3) is 5.91 Å². The highest BCUT2D eigenvalue weighted by Gasteiger charge is 2.34. The van der Waals surface area contributed by atoms with E-state index in [2.05, 4.69) is 0 Å². The van der Waals surface area contributed by atoms with Crippen molar-refractivity contribution in [1.82, 2.24) is 0 Å². The van der Waals surface area contributed by atoms with Gasteiger partial charge in [-0.2, -0.15) is 0 Å². The summed E-state index contributed by atoms with van der Waals surface area (Å²) >= 11 is 1.35. The molecule has 0 unspecified atom stereocenters. The average Bonchev–Trinajstić information content (AvgIpc) is 3.09. The number of aliphatic imine (C=N–C) groups is 1. The molecule has 1 fully saturated rings. The maximum Gasteiger partial charge on any atom is 0.271 e. The highest BCUT2D eigenvalue weighted by molar-refractivity contribution is 8.19. The Kier molecular flexibility index (Phi) is 5.86. The lowest BCUT2D eigenvalue weighted by Crippen LogP contribution is -2.28. The molecule has 0 N–H and O–H groups in total. The van der Waals surface area contributed by atoms with E-state index in [1.54, 1.807) is 19.1 Å². The van der Waals surface area contributed by atoms with E-state index >= 15 is 0 Å². The van der Waals surface area contributed by atoms with Gasteiger partial charge in [0.05, 0.1) is 30.5 Å². The van der Waals surface area contributed by atoms with Crippen LogP contribution in [0.3, 0.4) is 0 Å². The van der Waals surface area contributed by atoms with Gasteiger partial charge in [-0.25, -0.2) is 4.99 Å². The van der Waals surface area contributed by atoms with Gasteiger partial charge in [-0.05, 0) is 59.8 Å². The maximum atomic E-state index is 13.3. The number of amides is 1. The number of hydrogen-bond acceptors (Lipinski definition) is 5. The molecule has 6 heteroatoms. The summed E-state index contributed by atoms with van der Waals surface area (Å²) in [6, 6.07) is 24.7. The van der Waals surface area contributed by atoms with Crippen LogP contribution in [0.25, 0.3) is 6.08 Å². The van der Waals surface area contributed by atoms with Gasteiger partial charge in [-0.15, -0.1) is 0 Å². The number of thioether (sulfide) groups is 1. The Morgan fingerprint density at radius 2 is 1.53 bits per heavy atom. The number of amidine groups is 1. The third-order valence-electron chi connectivity index (χ3n) is 4.51. The number of ether oxygens (including phenoxy) is 2. The van der Waals surface area contributed by atoms with E-state index in [0.29, 0.717) is 21.6 Å². The fraction of sp³-hybridized carbons (Fsp3) is 0.0833.